The molecule has 0 heterocycles. The summed E-state index contributed by atoms with van der Waals surface area (Å²) in [6.07, 6.45) is 0. The largest absolute Gasteiger partial charge is 0.493 e. The summed E-state index contributed by atoms with van der Waals surface area (Å²) in [5.41, 5.74) is 0.882. The molecule has 1 aromatic rings. The van der Waals surface area contributed by atoms with E-state index in [1.807, 2.05) is 32.0 Å². The first-order chi connectivity index (χ1) is 10.2. The molecule has 0 amide bonds. The van der Waals surface area contributed by atoms with Crippen LogP contribution in [0.1, 0.15) is 13.8 Å². The third kappa shape index (κ3) is 7.17. The van der Waals surface area contributed by atoms with Gasteiger partial charge in [-0.3, -0.25) is 4.99 Å². The van der Waals surface area contributed by atoms with Crippen molar-refractivity contribution in [1.82, 2.24) is 5.32 Å². The van der Waals surface area contributed by atoms with Gasteiger partial charge in [0.1, 0.15) is 0 Å². The van der Waals surface area contributed by atoms with Crippen molar-refractivity contribution in [3.63, 3.8) is 0 Å². The Hall–Kier alpha value is -1.22. The zero-order valence-electron chi connectivity index (χ0n) is 13.6. The fourth-order valence-electron chi connectivity index (χ4n) is 1.71. The number of hydrogen-bond acceptors (Lipinski definition) is 4. The molecule has 22 heavy (non-hydrogen) atoms. The molecular formula is C15H26IN3O3. The minimum Gasteiger partial charge on any atom is -0.493 e. The smallest absolute Gasteiger partial charge is 0.195 e. The van der Waals surface area contributed by atoms with Gasteiger partial charge in [-0.2, -0.15) is 0 Å². The van der Waals surface area contributed by atoms with Gasteiger partial charge >= 0.3 is 0 Å². The first-order valence-corrected chi connectivity index (χ1v) is 7.10. The maximum absolute atomic E-state index is 5.50. The zero-order chi connectivity index (χ0) is 15.5. The fraction of sp³-hybridized carbons (Fsp3) is 0.533. The van der Waals surface area contributed by atoms with E-state index in [4.69, 9.17) is 14.2 Å². The van der Waals surface area contributed by atoms with E-state index in [0.29, 0.717) is 31.5 Å². The van der Waals surface area contributed by atoms with Crippen molar-refractivity contribution >= 4 is 35.6 Å². The Morgan fingerprint density at radius 3 is 2.55 bits per heavy atom. The van der Waals surface area contributed by atoms with Crippen molar-refractivity contribution in [3.8, 4) is 11.5 Å². The van der Waals surface area contributed by atoms with E-state index in [1.54, 1.807) is 14.2 Å². The van der Waals surface area contributed by atoms with Crippen LogP contribution in [-0.2, 0) is 4.74 Å². The maximum atomic E-state index is 5.50. The molecule has 0 bridgehead atoms. The topological polar surface area (TPSA) is 64.1 Å². The lowest BCUT2D eigenvalue weighted by Gasteiger charge is -2.14. The van der Waals surface area contributed by atoms with Gasteiger partial charge in [-0.15, -0.1) is 24.0 Å². The number of ether oxygens (including phenoxy) is 3. The number of halogens is 1. The predicted octanol–water partition coefficient (Wildman–Crippen LogP) is 2.74. The van der Waals surface area contributed by atoms with Crippen LogP contribution in [0.4, 0.5) is 5.69 Å². The summed E-state index contributed by atoms with van der Waals surface area (Å²) in [6.45, 7) is 6.53. The zero-order valence-corrected chi connectivity index (χ0v) is 16.0. The Kier molecular flexibility index (Phi) is 11.7. The molecule has 1 aromatic carbocycles. The Morgan fingerprint density at radius 1 is 1.18 bits per heavy atom. The highest BCUT2D eigenvalue weighted by atomic mass is 127. The van der Waals surface area contributed by atoms with Gasteiger partial charge in [0, 0.05) is 25.4 Å². The van der Waals surface area contributed by atoms with Gasteiger partial charge in [-0.25, -0.2) is 0 Å². The van der Waals surface area contributed by atoms with Crippen molar-refractivity contribution in [3.05, 3.63) is 18.2 Å². The Labute approximate surface area is 149 Å². The Bertz CT molecular complexity index is 456. The molecule has 0 fully saturated rings. The van der Waals surface area contributed by atoms with Gasteiger partial charge in [0.25, 0.3) is 0 Å². The molecule has 2 N–H and O–H groups in total. The van der Waals surface area contributed by atoms with Crippen molar-refractivity contribution in [2.75, 3.05) is 45.8 Å². The molecule has 0 aromatic heterocycles. The van der Waals surface area contributed by atoms with Crippen LogP contribution < -0.4 is 20.1 Å². The quantitative estimate of drug-likeness (QED) is 0.292. The van der Waals surface area contributed by atoms with E-state index in [1.165, 1.54) is 0 Å². The summed E-state index contributed by atoms with van der Waals surface area (Å²) < 4.78 is 15.8. The molecule has 0 aliphatic rings. The summed E-state index contributed by atoms with van der Waals surface area (Å²) in [5.74, 6) is 2.13. The van der Waals surface area contributed by atoms with Crippen LogP contribution in [0.2, 0.25) is 0 Å². The molecule has 1 rings (SSSR count). The highest BCUT2D eigenvalue weighted by Gasteiger charge is 2.06. The van der Waals surface area contributed by atoms with Gasteiger partial charge in [0.15, 0.2) is 17.5 Å². The molecule has 0 radical (unpaired) electrons. The van der Waals surface area contributed by atoms with Crippen LogP contribution in [0, 0.1) is 0 Å². The van der Waals surface area contributed by atoms with Gasteiger partial charge < -0.3 is 24.8 Å². The van der Waals surface area contributed by atoms with Crippen LogP contribution in [0.15, 0.2) is 23.2 Å². The minimum absolute atomic E-state index is 0. The van der Waals surface area contributed by atoms with Crippen LogP contribution in [0.5, 0.6) is 11.5 Å². The number of anilines is 1. The minimum atomic E-state index is 0. The molecule has 0 aliphatic carbocycles. The van der Waals surface area contributed by atoms with Gasteiger partial charge in [0.05, 0.1) is 26.9 Å². The SMILES string of the molecule is CCNC(=NCCOC)Nc1ccc(OCC)c(OC)c1.I. The van der Waals surface area contributed by atoms with E-state index >= 15 is 0 Å². The number of methoxy groups -OCH3 is 2. The molecule has 0 unspecified atom stereocenters. The highest BCUT2D eigenvalue weighted by molar-refractivity contribution is 14.0. The second-order valence-corrected chi connectivity index (χ2v) is 4.18. The number of nitrogens with one attached hydrogen (secondary N) is 2. The molecular weight excluding hydrogens is 397 g/mol. The third-order valence-electron chi connectivity index (χ3n) is 2.64. The lowest BCUT2D eigenvalue weighted by Crippen LogP contribution is -2.31. The van der Waals surface area contributed by atoms with Crippen LogP contribution in [0.3, 0.4) is 0 Å². The number of guanidine groups is 1. The van der Waals surface area contributed by atoms with E-state index in [2.05, 4.69) is 15.6 Å². The Morgan fingerprint density at radius 2 is 1.95 bits per heavy atom. The summed E-state index contributed by atoms with van der Waals surface area (Å²) >= 11 is 0. The lowest BCUT2D eigenvalue weighted by atomic mass is 10.2. The summed E-state index contributed by atoms with van der Waals surface area (Å²) in [7, 11) is 3.28. The third-order valence-corrected chi connectivity index (χ3v) is 2.64. The average molecular weight is 423 g/mol. The predicted molar refractivity (Wildman–Crippen MR) is 101 cm³/mol. The lowest BCUT2D eigenvalue weighted by molar-refractivity contribution is 0.208. The number of rotatable bonds is 8. The number of aliphatic imine (C=N–C) groups is 1. The first-order valence-electron chi connectivity index (χ1n) is 7.10. The van der Waals surface area contributed by atoms with E-state index in [-0.39, 0.29) is 24.0 Å². The molecule has 6 nitrogen and oxygen atoms in total. The van der Waals surface area contributed by atoms with Crippen LogP contribution >= 0.6 is 24.0 Å². The maximum Gasteiger partial charge on any atom is 0.195 e. The number of hydrogen-bond donors (Lipinski definition) is 2. The number of benzene rings is 1. The standard InChI is InChI=1S/C15H25N3O3.HI/c1-5-16-15(17-9-10-19-3)18-12-7-8-13(21-6-2)14(11-12)20-4;/h7-8,11H,5-6,9-10H2,1-4H3,(H2,16,17,18);1H. The van der Waals surface area contributed by atoms with Gasteiger partial charge in [0.2, 0.25) is 0 Å². The van der Waals surface area contributed by atoms with Crippen LogP contribution in [0.25, 0.3) is 0 Å². The monoisotopic (exact) mass is 423 g/mol. The second kappa shape index (κ2) is 12.3. The first kappa shape index (κ1) is 20.8. The van der Waals surface area contributed by atoms with E-state index in [9.17, 15) is 0 Å². The van der Waals surface area contributed by atoms with Crippen molar-refractivity contribution in [2.24, 2.45) is 4.99 Å². The van der Waals surface area contributed by atoms with Gasteiger partial charge in [-0.1, -0.05) is 0 Å². The van der Waals surface area contributed by atoms with Crippen molar-refractivity contribution < 1.29 is 14.2 Å². The summed E-state index contributed by atoms with van der Waals surface area (Å²) in [5, 5.41) is 6.41. The van der Waals surface area contributed by atoms with Crippen LogP contribution in [-0.4, -0.2) is 46.5 Å². The van der Waals surface area contributed by atoms with Gasteiger partial charge in [-0.05, 0) is 26.0 Å². The second-order valence-electron chi connectivity index (χ2n) is 4.18. The summed E-state index contributed by atoms with van der Waals surface area (Å²) in [4.78, 5) is 4.41. The molecule has 7 heteroatoms. The van der Waals surface area contributed by atoms with E-state index in [0.717, 1.165) is 18.0 Å². The molecule has 0 spiro atoms. The summed E-state index contributed by atoms with van der Waals surface area (Å²) in [6, 6.07) is 5.69. The van der Waals surface area contributed by atoms with E-state index < -0.39 is 0 Å². The fourth-order valence-corrected chi connectivity index (χ4v) is 1.71. The molecule has 0 saturated heterocycles. The number of nitrogens with zero attached hydrogens (tertiary/aromatic N) is 1. The highest BCUT2D eigenvalue weighted by Crippen LogP contribution is 2.30. The Balaban J connectivity index is 0.00000441. The van der Waals surface area contributed by atoms with Crippen molar-refractivity contribution in [2.45, 2.75) is 13.8 Å². The normalized spacial score (nSPS) is 10.6. The molecule has 126 valence electrons. The van der Waals surface area contributed by atoms with Crippen molar-refractivity contribution in [1.29, 1.82) is 0 Å². The average Bonchev–Trinajstić information content (AvgIpc) is 2.49. The molecule has 0 aliphatic heterocycles. The molecule has 0 atom stereocenters. The molecule has 0 saturated carbocycles.